The molecule has 5 nitrogen and oxygen atoms in total. The molecular formula is C24H32N4O. The van der Waals surface area contributed by atoms with Crippen molar-refractivity contribution >= 4 is 16.9 Å². The third-order valence-electron chi connectivity index (χ3n) is 8.49. The first-order valence-corrected chi connectivity index (χ1v) is 11.2. The van der Waals surface area contributed by atoms with Crippen molar-refractivity contribution in [2.75, 3.05) is 26.2 Å². The predicted octanol–water partition coefficient (Wildman–Crippen LogP) is 3.56. The highest BCUT2D eigenvalue weighted by atomic mass is 16.2. The molecular weight excluding hydrogens is 360 g/mol. The Labute approximate surface area is 173 Å². The lowest BCUT2D eigenvalue weighted by Crippen LogP contribution is -2.52. The van der Waals surface area contributed by atoms with Crippen LogP contribution in [0.25, 0.3) is 11.0 Å². The van der Waals surface area contributed by atoms with Crippen LogP contribution in [-0.2, 0) is 15.6 Å². The molecule has 1 N–H and O–H groups in total. The molecule has 2 unspecified atom stereocenters. The molecule has 2 bridgehead atoms. The zero-order valence-electron chi connectivity index (χ0n) is 17.9. The first kappa shape index (κ1) is 19.0. The highest BCUT2D eigenvalue weighted by Crippen LogP contribution is 2.70. The lowest BCUT2D eigenvalue weighted by atomic mass is 9.63. The standard InChI is InChI=1S/C24H32N4O/c1-22(2)23(3)11-12-24(22,21(29)25-13-16-28-14-7-4-8-15-28)20-19(23)26-17-9-5-6-10-18(17)27-20/h5-6,9-10H,4,7-8,11-16H2,1-3H3,(H,25,29). The summed E-state index contributed by atoms with van der Waals surface area (Å²) in [4.78, 5) is 26.3. The molecule has 2 aromatic rings. The quantitative estimate of drug-likeness (QED) is 0.864. The van der Waals surface area contributed by atoms with Gasteiger partial charge < -0.3 is 10.2 Å². The molecule has 2 atom stereocenters. The number of para-hydroxylation sites is 2. The summed E-state index contributed by atoms with van der Waals surface area (Å²) in [7, 11) is 0. The Hall–Kier alpha value is -2.01. The van der Waals surface area contributed by atoms with Crippen LogP contribution in [0.1, 0.15) is 64.3 Å². The number of carbonyl (C=O) groups is 1. The Bertz CT molecular complexity index is 965. The van der Waals surface area contributed by atoms with Gasteiger partial charge in [0.1, 0.15) is 0 Å². The van der Waals surface area contributed by atoms with E-state index in [-0.39, 0.29) is 16.7 Å². The van der Waals surface area contributed by atoms with E-state index in [9.17, 15) is 4.79 Å². The van der Waals surface area contributed by atoms with Crippen molar-refractivity contribution in [3.05, 3.63) is 35.7 Å². The first-order chi connectivity index (χ1) is 13.9. The van der Waals surface area contributed by atoms with Gasteiger partial charge in [-0.2, -0.15) is 0 Å². The van der Waals surface area contributed by atoms with Gasteiger partial charge in [-0.1, -0.05) is 39.3 Å². The Morgan fingerprint density at radius 3 is 2.34 bits per heavy atom. The zero-order chi connectivity index (χ0) is 20.3. The van der Waals surface area contributed by atoms with Crippen molar-refractivity contribution in [2.24, 2.45) is 5.41 Å². The summed E-state index contributed by atoms with van der Waals surface area (Å²) in [6, 6.07) is 8.03. The van der Waals surface area contributed by atoms with Gasteiger partial charge >= 0.3 is 0 Å². The second-order valence-corrected chi connectivity index (χ2v) is 9.93. The average molecular weight is 393 g/mol. The van der Waals surface area contributed by atoms with E-state index in [1.807, 2.05) is 24.3 Å². The molecule has 3 aliphatic rings. The molecule has 29 heavy (non-hydrogen) atoms. The highest BCUT2D eigenvalue weighted by Gasteiger charge is 2.73. The zero-order valence-corrected chi connectivity index (χ0v) is 17.9. The van der Waals surface area contributed by atoms with Crippen LogP contribution in [0.5, 0.6) is 0 Å². The maximum atomic E-state index is 13.7. The SMILES string of the molecule is CC12CCC(C(=O)NCCN3CCCCC3)(c3nc4ccccc4nc31)C2(C)C. The van der Waals surface area contributed by atoms with Crippen LogP contribution in [0.15, 0.2) is 24.3 Å². The van der Waals surface area contributed by atoms with Crippen LogP contribution in [0.2, 0.25) is 0 Å². The largest absolute Gasteiger partial charge is 0.354 e. The van der Waals surface area contributed by atoms with E-state index in [2.05, 4.69) is 31.0 Å². The van der Waals surface area contributed by atoms with Gasteiger partial charge in [0.25, 0.3) is 0 Å². The second-order valence-electron chi connectivity index (χ2n) is 9.93. The molecule has 2 aliphatic carbocycles. The van der Waals surface area contributed by atoms with E-state index in [1.165, 1.54) is 19.3 Å². The van der Waals surface area contributed by atoms with Crippen LogP contribution in [-0.4, -0.2) is 47.0 Å². The Balaban J connectivity index is 1.48. The molecule has 2 fully saturated rings. The van der Waals surface area contributed by atoms with Gasteiger partial charge in [0.2, 0.25) is 5.91 Å². The summed E-state index contributed by atoms with van der Waals surface area (Å²) in [5, 5.41) is 3.30. The van der Waals surface area contributed by atoms with Crippen molar-refractivity contribution in [3.63, 3.8) is 0 Å². The minimum atomic E-state index is -0.587. The molecule has 1 aromatic carbocycles. The number of likely N-dealkylation sites (tertiary alicyclic amines) is 1. The summed E-state index contributed by atoms with van der Waals surface area (Å²) in [5.74, 6) is 0.145. The molecule has 1 amide bonds. The van der Waals surface area contributed by atoms with E-state index in [0.29, 0.717) is 6.54 Å². The number of fused-ring (bicyclic) bond motifs is 6. The molecule has 5 heteroatoms. The van der Waals surface area contributed by atoms with Crippen LogP contribution in [0.3, 0.4) is 0 Å². The second kappa shape index (κ2) is 6.49. The summed E-state index contributed by atoms with van der Waals surface area (Å²) in [5.41, 5.74) is 2.85. The minimum absolute atomic E-state index is 0.121. The molecule has 1 aliphatic heterocycles. The normalized spacial score (nSPS) is 30.4. The first-order valence-electron chi connectivity index (χ1n) is 11.2. The molecule has 0 radical (unpaired) electrons. The lowest BCUT2D eigenvalue weighted by Gasteiger charge is -2.39. The maximum absolute atomic E-state index is 13.7. The van der Waals surface area contributed by atoms with Crippen molar-refractivity contribution in [2.45, 2.75) is 63.7 Å². The van der Waals surface area contributed by atoms with E-state index in [4.69, 9.17) is 9.97 Å². The number of carbonyl (C=O) groups excluding carboxylic acids is 1. The fourth-order valence-corrected chi connectivity index (χ4v) is 6.21. The number of piperidine rings is 1. The predicted molar refractivity (Wildman–Crippen MR) is 115 cm³/mol. The number of hydrogen-bond donors (Lipinski definition) is 1. The van der Waals surface area contributed by atoms with Crippen molar-refractivity contribution in [3.8, 4) is 0 Å². The Kier molecular flexibility index (Phi) is 4.25. The Morgan fingerprint density at radius 1 is 1.00 bits per heavy atom. The average Bonchev–Trinajstić information content (AvgIpc) is 3.02. The fraction of sp³-hybridized carbons (Fsp3) is 0.625. The van der Waals surface area contributed by atoms with Crippen LogP contribution in [0.4, 0.5) is 0 Å². The third kappa shape index (κ3) is 2.46. The summed E-state index contributed by atoms with van der Waals surface area (Å²) >= 11 is 0. The van der Waals surface area contributed by atoms with Gasteiger partial charge in [0.05, 0.1) is 27.8 Å². The number of aromatic nitrogens is 2. The van der Waals surface area contributed by atoms with E-state index in [1.54, 1.807) is 0 Å². The van der Waals surface area contributed by atoms with Crippen molar-refractivity contribution < 1.29 is 4.79 Å². The number of nitrogens with zero attached hydrogens (tertiary/aromatic N) is 3. The van der Waals surface area contributed by atoms with E-state index in [0.717, 1.165) is 54.9 Å². The third-order valence-corrected chi connectivity index (χ3v) is 8.49. The number of benzene rings is 1. The summed E-state index contributed by atoms with van der Waals surface area (Å²) in [6.45, 7) is 10.7. The van der Waals surface area contributed by atoms with Gasteiger partial charge in [-0.3, -0.25) is 4.79 Å². The van der Waals surface area contributed by atoms with Gasteiger partial charge in [-0.25, -0.2) is 9.97 Å². The van der Waals surface area contributed by atoms with Crippen molar-refractivity contribution in [1.29, 1.82) is 0 Å². The summed E-state index contributed by atoms with van der Waals surface area (Å²) in [6.07, 6.45) is 5.73. The fourth-order valence-electron chi connectivity index (χ4n) is 6.21. The topological polar surface area (TPSA) is 58.1 Å². The van der Waals surface area contributed by atoms with Gasteiger partial charge in [-0.05, 0) is 56.3 Å². The van der Waals surface area contributed by atoms with Gasteiger partial charge in [0.15, 0.2) is 0 Å². The minimum Gasteiger partial charge on any atom is -0.354 e. The highest BCUT2D eigenvalue weighted by molar-refractivity contribution is 5.92. The molecule has 1 saturated heterocycles. The molecule has 1 aromatic heterocycles. The molecule has 154 valence electrons. The molecule has 5 rings (SSSR count). The molecule has 2 heterocycles. The van der Waals surface area contributed by atoms with E-state index >= 15 is 0 Å². The van der Waals surface area contributed by atoms with Crippen molar-refractivity contribution in [1.82, 2.24) is 20.2 Å². The number of rotatable bonds is 4. The van der Waals surface area contributed by atoms with Crippen LogP contribution >= 0.6 is 0 Å². The van der Waals surface area contributed by atoms with Crippen LogP contribution < -0.4 is 5.32 Å². The maximum Gasteiger partial charge on any atom is 0.232 e. The monoisotopic (exact) mass is 392 g/mol. The van der Waals surface area contributed by atoms with Gasteiger partial charge in [-0.15, -0.1) is 0 Å². The lowest BCUT2D eigenvalue weighted by molar-refractivity contribution is -0.130. The van der Waals surface area contributed by atoms with E-state index < -0.39 is 5.41 Å². The van der Waals surface area contributed by atoms with Gasteiger partial charge in [0, 0.05) is 18.5 Å². The number of nitrogens with one attached hydrogen (secondary N) is 1. The number of amides is 1. The Morgan fingerprint density at radius 2 is 1.66 bits per heavy atom. The summed E-state index contributed by atoms with van der Waals surface area (Å²) < 4.78 is 0. The smallest absolute Gasteiger partial charge is 0.232 e. The molecule has 0 spiro atoms. The van der Waals surface area contributed by atoms with Crippen LogP contribution in [0, 0.1) is 5.41 Å². The molecule has 1 saturated carbocycles. The number of hydrogen-bond acceptors (Lipinski definition) is 4.